The molecule has 1 aromatic heterocycles. The number of amides is 2. The van der Waals surface area contributed by atoms with E-state index in [1.807, 2.05) is 85.1 Å². The second-order valence-electron chi connectivity index (χ2n) is 11.6. The Morgan fingerprint density at radius 2 is 1.46 bits per heavy atom. The molecule has 3 aromatic carbocycles. The number of methoxy groups -OCH3 is 1. The van der Waals surface area contributed by atoms with E-state index in [-0.39, 0.29) is 18.6 Å². The lowest BCUT2D eigenvalue weighted by Crippen LogP contribution is -2.50. The Kier molecular flexibility index (Phi) is 12.7. The number of hydrogen-bond acceptors (Lipinski definition) is 6. The summed E-state index contributed by atoms with van der Waals surface area (Å²) < 4.78 is 5.26. The van der Waals surface area contributed by atoms with Gasteiger partial charge in [0.05, 0.1) is 24.8 Å². The number of aromatic amines is 1. The van der Waals surface area contributed by atoms with Crippen LogP contribution in [0.5, 0.6) is 5.75 Å². The molecule has 0 aliphatic rings. The number of hydroxylamine groups is 1. The predicted octanol–water partition coefficient (Wildman–Crippen LogP) is 5.99. The average Bonchev–Trinajstić information content (AvgIpc) is 3.50. The first-order chi connectivity index (χ1) is 22.3. The van der Waals surface area contributed by atoms with Crippen LogP contribution < -0.4 is 15.5 Å². The number of benzene rings is 3. The zero-order valence-corrected chi connectivity index (χ0v) is 26.6. The number of ether oxygens (including phenoxy) is 1. The first-order valence-corrected chi connectivity index (χ1v) is 15.9. The van der Waals surface area contributed by atoms with Crippen LogP contribution >= 0.6 is 0 Å². The molecule has 46 heavy (non-hydrogen) atoms. The fourth-order valence-electron chi connectivity index (χ4n) is 5.99. The minimum absolute atomic E-state index is 0.0753. The van der Waals surface area contributed by atoms with Gasteiger partial charge >= 0.3 is 0 Å². The van der Waals surface area contributed by atoms with Gasteiger partial charge in [-0.05, 0) is 79.8 Å². The number of carbonyl (C=O) groups excluding carboxylic acids is 3. The van der Waals surface area contributed by atoms with E-state index in [1.54, 1.807) is 19.5 Å². The first-order valence-electron chi connectivity index (χ1n) is 15.9. The molecule has 4 aromatic rings. The van der Waals surface area contributed by atoms with E-state index in [0.717, 1.165) is 33.3 Å². The second kappa shape index (κ2) is 17.1. The van der Waals surface area contributed by atoms with Crippen molar-refractivity contribution in [2.24, 2.45) is 11.8 Å². The molecule has 0 unspecified atom stereocenters. The molecule has 3 atom stereocenters. The Bertz CT molecular complexity index is 1600. The molecule has 0 aliphatic heterocycles. The summed E-state index contributed by atoms with van der Waals surface area (Å²) in [5, 5.41) is 21.9. The monoisotopic (exact) mass is 624 g/mol. The number of aromatic nitrogens is 1. The lowest BCUT2D eigenvalue weighted by atomic mass is 9.82. The molecular formula is C37H44N4O5. The minimum atomic E-state index is -0.981. The number of aryl methyl sites for hydroxylation is 2. The summed E-state index contributed by atoms with van der Waals surface area (Å²) in [5.74, 6) is -2.40. The lowest BCUT2D eigenvalue weighted by molar-refractivity contribution is -0.141. The van der Waals surface area contributed by atoms with E-state index in [0.29, 0.717) is 38.5 Å². The SMILES string of the molecule is CCC(=N)C(=O)[C@H](Cc1c[nH]c2ccccc12)NC(=O)[C@H](CCCc1ccc(OC)cc1)[C@H](CCCc1ccccc1)C(=O)NO. The smallest absolute Gasteiger partial charge is 0.247 e. The standard InChI is InChI=1S/C37H44N4O5/c1-3-32(38)35(42)34(23-27-24-39-33-18-8-7-15-29(27)33)40-36(43)30(16-10-14-26-19-21-28(46-2)22-20-26)31(37(44)41-45)17-9-13-25-11-5-4-6-12-25/h4-8,11-12,15,18-22,24,30-31,34,38-39,45H,3,9-10,13-14,16-17,23H2,1-2H3,(H,40,43)(H,41,44)/t30-,31+,34+/m1/s1. The van der Waals surface area contributed by atoms with Crippen molar-refractivity contribution < 1.29 is 24.3 Å². The molecular weight excluding hydrogens is 580 g/mol. The van der Waals surface area contributed by atoms with E-state index in [2.05, 4.69) is 10.3 Å². The van der Waals surface area contributed by atoms with E-state index in [9.17, 15) is 19.6 Å². The molecule has 9 nitrogen and oxygen atoms in total. The van der Waals surface area contributed by atoms with Gasteiger partial charge in [0.15, 0.2) is 5.78 Å². The van der Waals surface area contributed by atoms with Crippen LogP contribution in [0.25, 0.3) is 10.9 Å². The highest BCUT2D eigenvalue weighted by molar-refractivity contribution is 6.40. The number of para-hydroxylation sites is 1. The van der Waals surface area contributed by atoms with Crippen LogP contribution in [-0.4, -0.2) is 46.7 Å². The number of hydrogen-bond donors (Lipinski definition) is 5. The van der Waals surface area contributed by atoms with Crippen LogP contribution in [0.15, 0.2) is 85.1 Å². The van der Waals surface area contributed by atoms with Crippen molar-refractivity contribution in [1.82, 2.24) is 15.8 Å². The Labute approximate surface area is 270 Å². The highest BCUT2D eigenvalue weighted by Gasteiger charge is 2.35. The zero-order chi connectivity index (χ0) is 32.9. The summed E-state index contributed by atoms with van der Waals surface area (Å²) in [6.45, 7) is 1.74. The third kappa shape index (κ3) is 9.14. The van der Waals surface area contributed by atoms with E-state index < -0.39 is 35.5 Å². The van der Waals surface area contributed by atoms with E-state index in [1.165, 1.54) is 0 Å². The summed E-state index contributed by atoms with van der Waals surface area (Å²) in [5.41, 5.74) is 5.66. The van der Waals surface area contributed by atoms with Crippen LogP contribution in [-0.2, 0) is 33.6 Å². The van der Waals surface area contributed by atoms with Crippen molar-refractivity contribution in [2.45, 2.75) is 64.3 Å². The number of carbonyl (C=O) groups is 3. The predicted molar refractivity (Wildman–Crippen MR) is 179 cm³/mol. The number of ketones is 1. The maximum Gasteiger partial charge on any atom is 0.247 e. The van der Waals surface area contributed by atoms with Crippen LogP contribution in [0, 0.1) is 17.2 Å². The maximum absolute atomic E-state index is 14.2. The van der Waals surface area contributed by atoms with Crippen LogP contribution in [0.1, 0.15) is 55.7 Å². The van der Waals surface area contributed by atoms with Gasteiger partial charge in [-0.1, -0.05) is 67.6 Å². The summed E-state index contributed by atoms with van der Waals surface area (Å²) in [6.07, 6.45) is 5.60. The Hall–Kier alpha value is -4.76. The van der Waals surface area contributed by atoms with Gasteiger partial charge in [0, 0.05) is 29.4 Å². The molecule has 242 valence electrons. The van der Waals surface area contributed by atoms with Gasteiger partial charge in [0.25, 0.3) is 0 Å². The van der Waals surface area contributed by atoms with Gasteiger partial charge in [-0.3, -0.25) is 19.6 Å². The topological polar surface area (TPSA) is 144 Å². The van der Waals surface area contributed by atoms with Crippen molar-refractivity contribution in [3.05, 3.63) is 102 Å². The fourth-order valence-corrected chi connectivity index (χ4v) is 5.99. The molecule has 0 saturated carbocycles. The largest absolute Gasteiger partial charge is 0.497 e. The Morgan fingerprint density at radius 1 is 0.848 bits per heavy atom. The first kappa shape index (κ1) is 34.1. The molecule has 9 heteroatoms. The van der Waals surface area contributed by atoms with E-state index >= 15 is 0 Å². The van der Waals surface area contributed by atoms with Crippen LogP contribution in [0.2, 0.25) is 0 Å². The van der Waals surface area contributed by atoms with Gasteiger partial charge in [0.1, 0.15) is 5.75 Å². The third-order valence-corrected chi connectivity index (χ3v) is 8.62. The number of nitrogens with one attached hydrogen (secondary N) is 4. The zero-order valence-electron chi connectivity index (χ0n) is 26.6. The van der Waals surface area contributed by atoms with Gasteiger partial charge < -0.3 is 20.4 Å². The second-order valence-corrected chi connectivity index (χ2v) is 11.6. The lowest BCUT2D eigenvalue weighted by Gasteiger charge is -2.27. The van der Waals surface area contributed by atoms with Crippen molar-refractivity contribution in [1.29, 1.82) is 5.41 Å². The van der Waals surface area contributed by atoms with Crippen molar-refractivity contribution in [2.75, 3.05) is 7.11 Å². The number of rotatable bonds is 18. The maximum atomic E-state index is 14.2. The fraction of sp³-hybridized carbons (Fsp3) is 0.351. The highest BCUT2D eigenvalue weighted by Crippen LogP contribution is 2.27. The van der Waals surface area contributed by atoms with Crippen molar-refractivity contribution in [3.8, 4) is 5.75 Å². The van der Waals surface area contributed by atoms with Gasteiger partial charge in [-0.2, -0.15) is 0 Å². The Morgan fingerprint density at radius 3 is 2.09 bits per heavy atom. The van der Waals surface area contributed by atoms with Crippen molar-refractivity contribution >= 4 is 34.2 Å². The minimum Gasteiger partial charge on any atom is -0.497 e. The molecule has 0 fully saturated rings. The summed E-state index contributed by atoms with van der Waals surface area (Å²) in [6, 6.07) is 24.3. The Balaban J connectivity index is 1.58. The van der Waals surface area contributed by atoms with Gasteiger partial charge in [-0.15, -0.1) is 0 Å². The summed E-state index contributed by atoms with van der Waals surface area (Å²) >= 11 is 0. The molecule has 0 aliphatic carbocycles. The van der Waals surface area contributed by atoms with E-state index in [4.69, 9.17) is 10.1 Å². The van der Waals surface area contributed by atoms with Gasteiger partial charge in [0.2, 0.25) is 11.8 Å². The number of Topliss-reactive ketones (excluding diaryl/α,β-unsaturated/α-hetero) is 1. The molecule has 0 spiro atoms. The van der Waals surface area contributed by atoms with Crippen molar-refractivity contribution in [3.63, 3.8) is 0 Å². The molecule has 0 saturated heterocycles. The molecule has 5 N–H and O–H groups in total. The molecule has 0 bridgehead atoms. The average molecular weight is 625 g/mol. The molecule has 0 radical (unpaired) electrons. The number of fused-ring (bicyclic) bond motifs is 1. The molecule has 2 amide bonds. The molecule has 4 rings (SSSR count). The summed E-state index contributed by atoms with van der Waals surface area (Å²) in [4.78, 5) is 44.0. The van der Waals surface area contributed by atoms with Gasteiger partial charge in [-0.25, -0.2) is 5.48 Å². The normalized spacial score (nSPS) is 13.0. The highest BCUT2D eigenvalue weighted by atomic mass is 16.5. The van der Waals surface area contributed by atoms with Crippen LogP contribution in [0.4, 0.5) is 0 Å². The summed E-state index contributed by atoms with van der Waals surface area (Å²) in [7, 11) is 1.61. The number of H-pyrrole nitrogens is 1. The van der Waals surface area contributed by atoms with Crippen LogP contribution in [0.3, 0.4) is 0 Å². The third-order valence-electron chi connectivity index (χ3n) is 8.62. The quantitative estimate of drug-likeness (QED) is 0.0525. The molecule has 1 heterocycles.